The fraction of sp³-hybridized carbons (Fsp3) is 0.476. The number of nitrogens with zero attached hydrogens (tertiary/aromatic N) is 3. The van der Waals surface area contributed by atoms with Crippen molar-refractivity contribution in [3.05, 3.63) is 47.3 Å². The van der Waals surface area contributed by atoms with Crippen LogP contribution in [0.15, 0.2) is 30.5 Å². The number of sulfone groups is 1. The summed E-state index contributed by atoms with van der Waals surface area (Å²) in [5.41, 5.74) is 2.72. The maximum absolute atomic E-state index is 12.4. The molecule has 2 heterocycles. The summed E-state index contributed by atoms with van der Waals surface area (Å²) in [6.45, 7) is 8.13. The second-order valence-corrected chi connectivity index (χ2v) is 10.9. The molecule has 2 aromatic rings. The van der Waals surface area contributed by atoms with Crippen LogP contribution in [0.25, 0.3) is 0 Å². The SMILES string of the molecule is CC(c1ccc(Nc2ncc3c(n2)CN(C(=O)OC(C)(C)C)CC3)cc1)S(C)(=O)=O. The van der Waals surface area contributed by atoms with Crippen LogP contribution in [0.1, 0.15) is 49.8 Å². The molecular formula is C21H28N4O4S. The lowest BCUT2D eigenvalue weighted by Crippen LogP contribution is -2.40. The second kappa shape index (κ2) is 8.22. The molecule has 1 aliphatic heterocycles. The van der Waals surface area contributed by atoms with Crippen molar-refractivity contribution >= 4 is 27.6 Å². The fourth-order valence-electron chi connectivity index (χ4n) is 3.06. The summed E-state index contributed by atoms with van der Waals surface area (Å²) >= 11 is 0. The largest absolute Gasteiger partial charge is 0.444 e. The number of carbonyl (C=O) groups excluding carboxylic acids is 1. The fourth-order valence-corrected chi connectivity index (χ4v) is 3.71. The number of ether oxygens (including phenoxy) is 1. The number of benzene rings is 1. The van der Waals surface area contributed by atoms with Gasteiger partial charge in [0.1, 0.15) is 5.60 Å². The Kier molecular flexibility index (Phi) is 6.03. The van der Waals surface area contributed by atoms with Crippen LogP contribution < -0.4 is 5.32 Å². The van der Waals surface area contributed by atoms with E-state index in [0.717, 1.165) is 22.5 Å². The predicted octanol–water partition coefficient (Wildman–Crippen LogP) is 3.62. The van der Waals surface area contributed by atoms with Crippen LogP contribution in [0, 0.1) is 0 Å². The molecule has 1 aromatic heterocycles. The van der Waals surface area contributed by atoms with Gasteiger partial charge in [-0.1, -0.05) is 12.1 Å². The molecule has 9 heteroatoms. The lowest BCUT2D eigenvalue weighted by Gasteiger charge is -2.30. The van der Waals surface area contributed by atoms with Gasteiger partial charge in [-0.3, -0.25) is 0 Å². The summed E-state index contributed by atoms with van der Waals surface area (Å²) in [4.78, 5) is 22.9. The first-order valence-electron chi connectivity index (χ1n) is 9.81. The topological polar surface area (TPSA) is 101 Å². The number of anilines is 2. The Morgan fingerprint density at radius 2 is 1.90 bits per heavy atom. The zero-order valence-corrected chi connectivity index (χ0v) is 18.8. The molecule has 0 saturated heterocycles. The van der Waals surface area contributed by atoms with Crippen molar-refractivity contribution in [1.29, 1.82) is 0 Å². The first-order chi connectivity index (χ1) is 13.9. The van der Waals surface area contributed by atoms with Gasteiger partial charge >= 0.3 is 6.09 Å². The molecule has 1 N–H and O–H groups in total. The maximum Gasteiger partial charge on any atom is 0.410 e. The highest BCUT2D eigenvalue weighted by Crippen LogP contribution is 2.24. The Balaban J connectivity index is 1.71. The number of rotatable bonds is 4. The monoisotopic (exact) mass is 432 g/mol. The molecule has 1 atom stereocenters. The summed E-state index contributed by atoms with van der Waals surface area (Å²) in [7, 11) is -3.15. The van der Waals surface area contributed by atoms with Crippen LogP contribution >= 0.6 is 0 Å². The van der Waals surface area contributed by atoms with Crippen LogP contribution in [0.3, 0.4) is 0 Å². The van der Waals surface area contributed by atoms with Gasteiger partial charge in [-0.2, -0.15) is 0 Å². The second-order valence-electron chi connectivity index (χ2n) is 8.54. The number of hydrogen-bond donors (Lipinski definition) is 1. The van der Waals surface area contributed by atoms with Crippen LogP contribution in [-0.4, -0.2) is 47.8 Å². The van der Waals surface area contributed by atoms with Crippen molar-refractivity contribution in [2.45, 2.75) is 51.5 Å². The van der Waals surface area contributed by atoms with Crippen molar-refractivity contribution < 1.29 is 17.9 Å². The van der Waals surface area contributed by atoms with E-state index < -0.39 is 20.7 Å². The molecule has 0 aliphatic carbocycles. The van der Waals surface area contributed by atoms with Gasteiger partial charge < -0.3 is 15.0 Å². The first-order valence-corrected chi connectivity index (χ1v) is 11.8. The zero-order valence-electron chi connectivity index (χ0n) is 18.0. The molecule has 0 bridgehead atoms. The Bertz CT molecular complexity index is 1030. The van der Waals surface area contributed by atoms with E-state index in [2.05, 4.69) is 15.3 Å². The Morgan fingerprint density at radius 3 is 2.50 bits per heavy atom. The minimum absolute atomic E-state index is 0.350. The molecule has 1 aliphatic rings. The highest BCUT2D eigenvalue weighted by molar-refractivity contribution is 7.90. The summed E-state index contributed by atoms with van der Waals surface area (Å²) < 4.78 is 28.9. The van der Waals surface area contributed by atoms with Crippen molar-refractivity contribution in [2.24, 2.45) is 0 Å². The van der Waals surface area contributed by atoms with Crippen LogP contribution in [-0.2, 0) is 27.5 Å². The molecule has 0 saturated carbocycles. The van der Waals surface area contributed by atoms with E-state index in [9.17, 15) is 13.2 Å². The van der Waals surface area contributed by atoms with Crippen LogP contribution in [0.5, 0.6) is 0 Å². The zero-order chi connectivity index (χ0) is 22.1. The minimum Gasteiger partial charge on any atom is -0.444 e. The maximum atomic E-state index is 12.4. The van der Waals surface area contributed by atoms with Gasteiger partial charge in [0, 0.05) is 24.7 Å². The lowest BCUT2D eigenvalue weighted by atomic mass is 10.1. The molecular weight excluding hydrogens is 404 g/mol. The molecule has 8 nitrogen and oxygen atoms in total. The molecule has 0 fully saturated rings. The van der Waals surface area contributed by atoms with Crippen LogP contribution in [0.4, 0.5) is 16.4 Å². The molecule has 1 unspecified atom stereocenters. The van der Waals surface area contributed by atoms with E-state index in [4.69, 9.17) is 4.74 Å². The smallest absolute Gasteiger partial charge is 0.410 e. The molecule has 0 radical (unpaired) electrons. The molecule has 3 rings (SSSR count). The van der Waals surface area contributed by atoms with Crippen molar-refractivity contribution in [3.8, 4) is 0 Å². The van der Waals surface area contributed by atoms with Gasteiger partial charge in [-0.25, -0.2) is 23.2 Å². The molecule has 1 aromatic carbocycles. The van der Waals surface area contributed by atoms with E-state index in [1.54, 1.807) is 42.3 Å². The van der Waals surface area contributed by atoms with Gasteiger partial charge in [0.05, 0.1) is 17.5 Å². The Labute approximate surface area is 177 Å². The highest BCUT2D eigenvalue weighted by Gasteiger charge is 2.26. The standard InChI is InChI=1S/C21H28N4O4S/c1-14(30(5,27)28)15-6-8-17(9-7-15)23-19-22-12-16-10-11-25(13-18(16)24-19)20(26)29-21(2,3)4/h6-9,12,14H,10-11,13H2,1-5H3,(H,22,23,24). The predicted molar refractivity (Wildman–Crippen MR) is 115 cm³/mol. The Hall–Kier alpha value is -2.68. The molecule has 1 amide bonds. The summed E-state index contributed by atoms with van der Waals surface area (Å²) in [6.07, 6.45) is 3.33. The van der Waals surface area contributed by atoms with Crippen molar-refractivity contribution in [1.82, 2.24) is 14.9 Å². The summed E-state index contributed by atoms with van der Waals surface area (Å²) in [5, 5.41) is 2.57. The average Bonchev–Trinajstić information content (AvgIpc) is 2.65. The Morgan fingerprint density at radius 1 is 1.23 bits per heavy atom. The number of hydrogen-bond acceptors (Lipinski definition) is 7. The third-order valence-corrected chi connectivity index (χ3v) is 6.43. The number of nitrogens with one attached hydrogen (secondary N) is 1. The van der Waals surface area contributed by atoms with Gasteiger partial charge in [0.2, 0.25) is 5.95 Å². The van der Waals surface area contributed by atoms with Gasteiger partial charge in [0.15, 0.2) is 9.84 Å². The normalized spacial score (nSPS) is 15.3. The van der Waals surface area contributed by atoms with E-state index in [-0.39, 0.29) is 6.09 Å². The summed E-state index contributed by atoms with van der Waals surface area (Å²) in [5.74, 6) is 0.420. The number of amides is 1. The number of aromatic nitrogens is 2. The van der Waals surface area contributed by atoms with Crippen molar-refractivity contribution in [2.75, 3.05) is 18.1 Å². The summed E-state index contributed by atoms with van der Waals surface area (Å²) in [6, 6.07) is 7.15. The van der Waals surface area contributed by atoms with Crippen LogP contribution in [0.2, 0.25) is 0 Å². The molecule has 162 valence electrons. The van der Waals surface area contributed by atoms with Gasteiger partial charge in [0.25, 0.3) is 0 Å². The third kappa shape index (κ3) is 5.47. The third-order valence-electron chi connectivity index (χ3n) is 4.88. The molecule has 0 spiro atoms. The van der Waals surface area contributed by atoms with Gasteiger partial charge in [-0.05, 0) is 57.4 Å². The van der Waals surface area contributed by atoms with E-state index in [1.165, 1.54) is 6.26 Å². The average molecular weight is 433 g/mol. The van der Waals surface area contributed by atoms with Gasteiger partial charge in [-0.15, -0.1) is 0 Å². The van der Waals surface area contributed by atoms with E-state index in [0.29, 0.717) is 25.5 Å². The first kappa shape index (κ1) is 22.0. The van der Waals surface area contributed by atoms with Crippen molar-refractivity contribution in [3.63, 3.8) is 0 Å². The van der Waals surface area contributed by atoms with E-state index >= 15 is 0 Å². The quantitative estimate of drug-likeness (QED) is 0.787. The number of fused-ring (bicyclic) bond motifs is 1. The van der Waals surface area contributed by atoms with E-state index in [1.807, 2.05) is 20.8 Å². The molecule has 30 heavy (non-hydrogen) atoms. The minimum atomic E-state index is -3.15. The number of carbonyl (C=O) groups is 1. The highest BCUT2D eigenvalue weighted by atomic mass is 32.2. The lowest BCUT2D eigenvalue weighted by molar-refractivity contribution is 0.0220.